The van der Waals surface area contributed by atoms with E-state index in [-0.39, 0.29) is 24.2 Å². The van der Waals surface area contributed by atoms with Crippen LogP contribution in [0.3, 0.4) is 0 Å². The Labute approximate surface area is 112 Å². The fourth-order valence-corrected chi connectivity index (χ4v) is 2.24. The number of carbonyl (C=O) groups is 2. The van der Waals surface area contributed by atoms with Gasteiger partial charge in [0.15, 0.2) is 0 Å². The van der Waals surface area contributed by atoms with Crippen molar-refractivity contribution in [2.45, 2.75) is 18.8 Å². The molecule has 102 valence electrons. The van der Waals surface area contributed by atoms with Crippen LogP contribution in [0, 0.1) is 0 Å². The molecule has 0 fully saturated rings. The number of hydrogen-bond donors (Lipinski definition) is 2. The molecular formula is C14H18N2O3. The molecule has 0 aromatic heterocycles. The largest absolute Gasteiger partial charge is 0.469 e. The van der Waals surface area contributed by atoms with Gasteiger partial charge in [0.1, 0.15) is 0 Å². The molecule has 0 bridgehead atoms. The molecule has 1 aromatic carbocycles. The number of nitrogens with one attached hydrogen (secondary N) is 2. The molecule has 19 heavy (non-hydrogen) atoms. The third kappa shape index (κ3) is 3.47. The lowest BCUT2D eigenvalue weighted by Gasteiger charge is -2.10. The highest BCUT2D eigenvalue weighted by molar-refractivity contribution is 5.79. The van der Waals surface area contributed by atoms with E-state index in [0.717, 1.165) is 12.2 Å². The fraction of sp³-hybridized carbons (Fsp3) is 0.429. The number of ether oxygens (including phenoxy) is 1. The highest BCUT2D eigenvalue weighted by Gasteiger charge is 2.23. The number of rotatable bonds is 5. The maximum atomic E-state index is 11.8. The lowest BCUT2D eigenvalue weighted by Crippen LogP contribution is -2.28. The van der Waals surface area contributed by atoms with Crippen molar-refractivity contribution >= 4 is 17.6 Å². The van der Waals surface area contributed by atoms with E-state index in [0.29, 0.717) is 13.0 Å². The second-order valence-corrected chi connectivity index (χ2v) is 4.55. The van der Waals surface area contributed by atoms with E-state index >= 15 is 0 Å². The van der Waals surface area contributed by atoms with Crippen LogP contribution in [0.15, 0.2) is 24.3 Å². The van der Waals surface area contributed by atoms with Gasteiger partial charge in [0.05, 0.1) is 13.5 Å². The van der Waals surface area contributed by atoms with Gasteiger partial charge < -0.3 is 15.4 Å². The van der Waals surface area contributed by atoms with Crippen molar-refractivity contribution in [3.8, 4) is 0 Å². The summed E-state index contributed by atoms with van der Waals surface area (Å²) in [4.78, 5) is 22.7. The first-order valence-corrected chi connectivity index (χ1v) is 6.37. The minimum Gasteiger partial charge on any atom is -0.469 e. The molecular weight excluding hydrogens is 244 g/mol. The number of esters is 1. The summed E-state index contributed by atoms with van der Waals surface area (Å²) >= 11 is 0. The lowest BCUT2D eigenvalue weighted by molar-refractivity contribution is -0.140. The third-order valence-electron chi connectivity index (χ3n) is 3.25. The van der Waals surface area contributed by atoms with Gasteiger partial charge in [-0.1, -0.05) is 18.2 Å². The Balaban J connectivity index is 1.79. The predicted octanol–water partition coefficient (Wildman–Crippen LogP) is 1.27. The number of hydrogen-bond acceptors (Lipinski definition) is 4. The van der Waals surface area contributed by atoms with Crippen LogP contribution >= 0.6 is 0 Å². The number of para-hydroxylation sites is 1. The molecule has 1 aliphatic heterocycles. The summed E-state index contributed by atoms with van der Waals surface area (Å²) in [6.07, 6.45) is 0.646. The second-order valence-electron chi connectivity index (χ2n) is 4.55. The molecule has 0 saturated heterocycles. The van der Waals surface area contributed by atoms with Crippen molar-refractivity contribution in [3.63, 3.8) is 0 Å². The molecule has 0 aliphatic carbocycles. The summed E-state index contributed by atoms with van der Waals surface area (Å²) in [6, 6.07) is 8.02. The first kappa shape index (κ1) is 13.4. The number of carbonyl (C=O) groups excluding carboxylic acids is 2. The van der Waals surface area contributed by atoms with Gasteiger partial charge in [-0.2, -0.15) is 0 Å². The first-order valence-electron chi connectivity index (χ1n) is 6.37. The molecule has 0 spiro atoms. The Bertz CT molecular complexity index is 474. The Morgan fingerprint density at radius 1 is 1.42 bits per heavy atom. The van der Waals surface area contributed by atoms with Gasteiger partial charge in [-0.15, -0.1) is 0 Å². The molecule has 2 N–H and O–H groups in total. The molecule has 1 aliphatic rings. The highest BCUT2D eigenvalue weighted by atomic mass is 16.5. The molecule has 0 saturated carbocycles. The summed E-state index contributed by atoms with van der Waals surface area (Å²) in [5.41, 5.74) is 2.29. The molecule has 1 aromatic rings. The molecule has 5 heteroatoms. The third-order valence-corrected chi connectivity index (χ3v) is 3.25. The van der Waals surface area contributed by atoms with E-state index in [1.54, 1.807) is 0 Å². The number of anilines is 1. The number of methoxy groups -OCH3 is 1. The van der Waals surface area contributed by atoms with Gasteiger partial charge in [-0.3, -0.25) is 9.59 Å². The van der Waals surface area contributed by atoms with Crippen LogP contribution in [-0.2, 0) is 14.3 Å². The smallest absolute Gasteiger partial charge is 0.307 e. The monoisotopic (exact) mass is 262 g/mol. The van der Waals surface area contributed by atoms with Crippen LogP contribution < -0.4 is 10.6 Å². The number of amides is 1. The second kappa shape index (κ2) is 6.22. The zero-order chi connectivity index (χ0) is 13.7. The van der Waals surface area contributed by atoms with Crippen molar-refractivity contribution in [3.05, 3.63) is 29.8 Å². The van der Waals surface area contributed by atoms with E-state index in [2.05, 4.69) is 15.4 Å². The Morgan fingerprint density at radius 3 is 3.00 bits per heavy atom. The van der Waals surface area contributed by atoms with Crippen molar-refractivity contribution in [1.29, 1.82) is 0 Å². The highest BCUT2D eigenvalue weighted by Crippen LogP contribution is 2.32. The van der Waals surface area contributed by atoms with Gasteiger partial charge in [-0.05, 0) is 11.6 Å². The summed E-state index contributed by atoms with van der Waals surface area (Å²) in [5.74, 6) is -0.144. The fourth-order valence-electron chi connectivity index (χ4n) is 2.24. The van der Waals surface area contributed by atoms with E-state index in [9.17, 15) is 9.59 Å². The van der Waals surface area contributed by atoms with Gasteiger partial charge in [0.2, 0.25) is 5.91 Å². The summed E-state index contributed by atoms with van der Waals surface area (Å²) < 4.78 is 4.51. The van der Waals surface area contributed by atoms with Gasteiger partial charge in [0.25, 0.3) is 0 Å². The average molecular weight is 262 g/mol. The molecule has 1 atom stereocenters. The van der Waals surface area contributed by atoms with E-state index in [1.165, 1.54) is 12.7 Å². The summed E-state index contributed by atoms with van der Waals surface area (Å²) in [6.45, 7) is 1.11. The van der Waals surface area contributed by atoms with E-state index in [4.69, 9.17) is 0 Å². The van der Waals surface area contributed by atoms with Crippen LogP contribution in [0.5, 0.6) is 0 Å². The van der Waals surface area contributed by atoms with Crippen LogP contribution in [0.4, 0.5) is 5.69 Å². The Kier molecular flexibility index (Phi) is 4.39. The minimum atomic E-state index is -0.312. The molecule has 5 nitrogen and oxygen atoms in total. The molecule has 1 amide bonds. The van der Waals surface area contributed by atoms with Crippen LogP contribution in [0.1, 0.15) is 24.3 Å². The normalized spacial score (nSPS) is 16.4. The van der Waals surface area contributed by atoms with Crippen LogP contribution in [0.2, 0.25) is 0 Å². The molecule has 0 radical (unpaired) electrons. The lowest BCUT2D eigenvalue weighted by atomic mass is 9.97. The molecule has 1 heterocycles. The van der Waals surface area contributed by atoms with Crippen molar-refractivity contribution in [2.75, 3.05) is 25.5 Å². The predicted molar refractivity (Wildman–Crippen MR) is 71.9 cm³/mol. The van der Waals surface area contributed by atoms with Gasteiger partial charge in [0, 0.05) is 31.1 Å². The summed E-state index contributed by atoms with van der Waals surface area (Å²) in [5, 5.41) is 6.02. The van der Waals surface area contributed by atoms with Crippen molar-refractivity contribution in [1.82, 2.24) is 5.32 Å². The van der Waals surface area contributed by atoms with E-state index in [1.807, 2.05) is 24.3 Å². The van der Waals surface area contributed by atoms with Crippen molar-refractivity contribution < 1.29 is 14.3 Å². The number of fused-ring (bicyclic) bond motifs is 1. The van der Waals surface area contributed by atoms with E-state index < -0.39 is 0 Å². The van der Waals surface area contributed by atoms with Crippen LogP contribution in [-0.4, -0.2) is 32.1 Å². The minimum absolute atomic E-state index is 0.0348. The van der Waals surface area contributed by atoms with Crippen LogP contribution in [0.25, 0.3) is 0 Å². The zero-order valence-electron chi connectivity index (χ0n) is 10.9. The topological polar surface area (TPSA) is 67.4 Å². The SMILES string of the molecule is COC(=O)CCNC(=O)CC1CNc2ccccc21. The Hall–Kier alpha value is -2.04. The molecule has 2 rings (SSSR count). The maximum absolute atomic E-state index is 11.8. The number of benzene rings is 1. The Morgan fingerprint density at radius 2 is 2.21 bits per heavy atom. The van der Waals surface area contributed by atoms with Gasteiger partial charge in [-0.25, -0.2) is 0 Å². The zero-order valence-corrected chi connectivity index (χ0v) is 10.9. The standard InChI is InChI=1S/C14H18N2O3/c1-19-14(18)6-7-15-13(17)8-10-9-16-12-5-3-2-4-11(10)12/h2-5,10,16H,6-9H2,1H3,(H,15,17). The maximum Gasteiger partial charge on any atom is 0.307 e. The first-order chi connectivity index (χ1) is 9.20. The summed E-state index contributed by atoms with van der Waals surface area (Å²) in [7, 11) is 1.34. The quantitative estimate of drug-likeness (QED) is 0.784. The van der Waals surface area contributed by atoms with Gasteiger partial charge >= 0.3 is 5.97 Å². The average Bonchev–Trinajstić information content (AvgIpc) is 2.82. The molecule has 1 unspecified atom stereocenters. The van der Waals surface area contributed by atoms with Crippen molar-refractivity contribution in [2.24, 2.45) is 0 Å².